The van der Waals surface area contributed by atoms with Crippen LogP contribution < -0.4 is 16.0 Å². The first-order valence-corrected chi connectivity index (χ1v) is 6.19. The van der Waals surface area contributed by atoms with Crippen LogP contribution in [0.15, 0.2) is 28.7 Å². The molecule has 0 aliphatic heterocycles. The first-order chi connectivity index (χ1) is 9.26. The van der Waals surface area contributed by atoms with E-state index < -0.39 is 31.2 Å². The SMILES string of the molecule is O=C(CNC(=O)NCC(F)(F)F)Nc1ccc(Br)cc1. The van der Waals surface area contributed by atoms with E-state index in [0.717, 1.165) is 4.47 Å². The molecule has 0 spiro atoms. The minimum absolute atomic E-state index is 0.431. The zero-order chi connectivity index (χ0) is 15.2. The zero-order valence-corrected chi connectivity index (χ0v) is 11.6. The van der Waals surface area contributed by atoms with Crippen molar-refractivity contribution in [2.75, 3.05) is 18.4 Å². The van der Waals surface area contributed by atoms with Gasteiger partial charge in [-0.2, -0.15) is 13.2 Å². The van der Waals surface area contributed by atoms with Crippen molar-refractivity contribution in [3.63, 3.8) is 0 Å². The van der Waals surface area contributed by atoms with E-state index in [2.05, 4.69) is 21.2 Å². The van der Waals surface area contributed by atoms with Gasteiger partial charge < -0.3 is 16.0 Å². The molecule has 110 valence electrons. The van der Waals surface area contributed by atoms with E-state index in [9.17, 15) is 22.8 Å². The van der Waals surface area contributed by atoms with E-state index in [-0.39, 0.29) is 0 Å². The minimum atomic E-state index is -4.49. The molecule has 0 saturated heterocycles. The van der Waals surface area contributed by atoms with Crippen molar-refractivity contribution in [3.8, 4) is 0 Å². The Morgan fingerprint density at radius 2 is 1.70 bits per heavy atom. The molecule has 1 rings (SSSR count). The quantitative estimate of drug-likeness (QED) is 0.776. The lowest BCUT2D eigenvalue weighted by Crippen LogP contribution is -2.43. The Kier molecular flexibility index (Phi) is 5.81. The van der Waals surface area contributed by atoms with Crippen molar-refractivity contribution in [1.82, 2.24) is 10.6 Å². The molecule has 0 saturated carbocycles. The topological polar surface area (TPSA) is 70.2 Å². The van der Waals surface area contributed by atoms with Crippen LogP contribution in [0.2, 0.25) is 0 Å². The summed E-state index contributed by atoms with van der Waals surface area (Å²) < 4.78 is 36.3. The third-order valence-electron chi connectivity index (χ3n) is 1.99. The Morgan fingerprint density at radius 1 is 1.10 bits per heavy atom. The van der Waals surface area contributed by atoms with Crippen molar-refractivity contribution >= 4 is 33.6 Å². The molecule has 0 aliphatic rings. The second-order valence-corrected chi connectivity index (χ2v) is 4.62. The Balaban J connectivity index is 2.29. The monoisotopic (exact) mass is 353 g/mol. The molecule has 0 atom stereocenters. The van der Waals surface area contributed by atoms with E-state index in [1.165, 1.54) is 0 Å². The van der Waals surface area contributed by atoms with Crippen LogP contribution in [0.1, 0.15) is 0 Å². The van der Waals surface area contributed by atoms with Crippen molar-refractivity contribution in [2.45, 2.75) is 6.18 Å². The van der Waals surface area contributed by atoms with Crippen LogP contribution in [0.5, 0.6) is 0 Å². The Bertz CT molecular complexity index is 477. The first-order valence-electron chi connectivity index (χ1n) is 5.40. The third kappa shape index (κ3) is 6.98. The number of rotatable bonds is 4. The molecule has 1 aromatic carbocycles. The fourth-order valence-corrected chi connectivity index (χ4v) is 1.41. The van der Waals surface area contributed by atoms with Gasteiger partial charge in [0.1, 0.15) is 6.54 Å². The molecule has 0 heterocycles. The lowest BCUT2D eigenvalue weighted by Gasteiger charge is -2.10. The number of amides is 3. The summed E-state index contributed by atoms with van der Waals surface area (Å²) in [6.45, 7) is -1.88. The molecule has 1 aromatic rings. The van der Waals surface area contributed by atoms with E-state index in [1.54, 1.807) is 29.6 Å². The molecule has 9 heteroatoms. The van der Waals surface area contributed by atoms with Crippen molar-refractivity contribution in [3.05, 3.63) is 28.7 Å². The molecule has 20 heavy (non-hydrogen) atoms. The highest BCUT2D eigenvalue weighted by Gasteiger charge is 2.27. The summed E-state index contributed by atoms with van der Waals surface area (Å²) in [6, 6.07) is 5.61. The average molecular weight is 354 g/mol. The van der Waals surface area contributed by atoms with E-state index in [1.807, 2.05) is 5.32 Å². The maximum absolute atomic E-state index is 11.8. The zero-order valence-electron chi connectivity index (χ0n) is 10.1. The molecule has 0 aromatic heterocycles. The highest BCUT2D eigenvalue weighted by molar-refractivity contribution is 9.10. The van der Waals surface area contributed by atoms with Gasteiger partial charge in [-0.05, 0) is 24.3 Å². The molecular formula is C11H11BrF3N3O2. The van der Waals surface area contributed by atoms with E-state index in [4.69, 9.17) is 0 Å². The molecule has 3 N–H and O–H groups in total. The molecule has 5 nitrogen and oxygen atoms in total. The number of hydrogen-bond donors (Lipinski definition) is 3. The molecule has 0 unspecified atom stereocenters. The average Bonchev–Trinajstić information content (AvgIpc) is 2.36. The number of nitrogens with one attached hydrogen (secondary N) is 3. The van der Waals surface area contributed by atoms with Crippen LogP contribution in [0.4, 0.5) is 23.7 Å². The second kappa shape index (κ2) is 7.13. The number of alkyl halides is 3. The van der Waals surface area contributed by atoms with Gasteiger partial charge in [0, 0.05) is 10.2 Å². The van der Waals surface area contributed by atoms with Crippen LogP contribution in [-0.2, 0) is 4.79 Å². The smallest absolute Gasteiger partial charge is 0.329 e. The summed E-state index contributed by atoms with van der Waals surface area (Å²) in [6.07, 6.45) is -4.49. The highest BCUT2D eigenvalue weighted by Crippen LogP contribution is 2.14. The van der Waals surface area contributed by atoms with Gasteiger partial charge in [0.2, 0.25) is 5.91 Å². The molecule has 0 bridgehead atoms. The summed E-state index contributed by atoms with van der Waals surface area (Å²) in [5, 5.41) is 6.08. The first kappa shape index (κ1) is 16.3. The number of hydrogen-bond acceptors (Lipinski definition) is 2. The van der Waals surface area contributed by atoms with Crippen LogP contribution in [0, 0.1) is 0 Å². The molecule has 0 radical (unpaired) electrons. The van der Waals surface area contributed by atoms with Crippen LogP contribution in [0.3, 0.4) is 0 Å². The van der Waals surface area contributed by atoms with Crippen LogP contribution in [0.25, 0.3) is 0 Å². The molecule has 3 amide bonds. The molecule has 0 fully saturated rings. The van der Waals surface area contributed by atoms with E-state index in [0.29, 0.717) is 5.69 Å². The largest absolute Gasteiger partial charge is 0.405 e. The standard InChI is InChI=1S/C11H11BrF3N3O2/c12-7-1-3-8(4-2-7)18-9(19)5-16-10(20)17-6-11(13,14)15/h1-4H,5-6H2,(H,18,19)(H2,16,17,20). The van der Waals surface area contributed by atoms with E-state index >= 15 is 0 Å². The van der Waals surface area contributed by atoms with Gasteiger partial charge in [-0.1, -0.05) is 15.9 Å². The Morgan fingerprint density at radius 3 is 2.25 bits per heavy atom. The number of halogens is 4. The predicted octanol–water partition coefficient (Wildman–Crippen LogP) is 2.25. The fourth-order valence-electron chi connectivity index (χ4n) is 1.14. The van der Waals surface area contributed by atoms with Gasteiger partial charge in [-0.25, -0.2) is 4.79 Å². The number of carbonyl (C=O) groups excluding carboxylic acids is 2. The van der Waals surface area contributed by atoms with Gasteiger partial charge in [0.25, 0.3) is 0 Å². The van der Waals surface area contributed by atoms with Crippen LogP contribution >= 0.6 is 15.9 Å². The predicted molar refractivity (Wildman–Crippen MR) is 70.2 cm³/mol. The maximum atomic E-state index is 11.8. The summed E-state index contributed by atoms with van der Waals surface area (Å²) in [5.74, 6) is -0.547. The summed E-state index contributed by atoms with van der Waals surface area (Å²) in [5.41, 5.74) is 0.510. The molecular weight excluding hydrogens is 343 g/mol. The highest BCUT2D eigenvalue weighted by atomic mass is 79.9. The normalized spacial score (nSPS) is 10.8. The number of urea groups is 1. The summed E-state index contributed by atoms with van der Waals surface area (Å²) in [7, 11) is 0. The second-order valence-electron chi connectivity index (χ2n) is 3.71. The number of anilines is 1. The van der Waals surface area contributed by atoms with Gasteiger partial charge in [-0.3, -0.25) is 4.79 Å². The van der Waals surface area contributed by atoms with Gasteiger partial charge >= 0.3 is 12.2 Å². The third-order valence-corrected chi connectivity index (χ3v) is 2.52. The fraction of sp³-hybridized carbons (Fsp3) is 0.273. The maximum Gasteiger partial charge on any atom is 0.405 e. The number of carbonyl (C=O) groups is 2. The van der Waals surface area contributed by atoms with Crippen molar-refractivity contribution in [1.29, 1.82) is 0 Å². The minimum Gasteiger partial charge on any atom is -0.329 e. The van der Waals surface area contributed by atoms with Gasteiger partial charge in [0.15, 0.2) is 0 Å². The number of benzene rings is 1. The lowest BCUT2D eigenvalue weighted by molar-refractivity contribution is -0.122. The lowest BCUT2D eigenvalue weighted by atomic mass is 10.3. The molecule has 0 aliphatic carbocycles. The van der Waals surface area contributed by atoms with Crippen molar-refractivity contribution in [2.24, 2.45) is 0 Å². The van der Waals surface area contributed by atoms with Crippen molar-refractivity contribution < 1.29 is 22.8 Å². The van der Waals surface area contributed by atoms with Gasteiger partial charge in [-0.15, -0.1) is 0 Å². The summed E-state index contributed by atoms with van der Waals surface area (Å²) >= 11 is 3.22. The summed E-state index contributed by atoms with van der Waals surface area (Å²) in [4.78, 5) is 22.4. The van der Waals surface area contributed by atoms with Crippen LogP contribution in [-0.4, -0.2) is 31.2 Å². The Hall–Kier alpha value is -1.77. The van der Waals surface area contributed by atoms with Gasteiger partial charge in [0.05, 0.1) is 6.54 Å². The Labute approximate surface area is 121 Å².